The van der Waals surface area contributed by atoms with Crippen LogP contribution in [0.15, 0.2) is 0 Å². The largest absolute Gasteiger partial charge is 0.343 e. The Morgan fingerprint density at radius 1 is 1.06 bits per heavy atom. The quantitative estimate of drug-likeness (QED) is 0.704. The normalized spacial score (nSPS) is 24.7. The molecule has 0 bridgehead atoms. The zero-order chi connectivity index (χ0) is 11.4. The summed E-state index contributed by atoms with van der Waals surface area (Å²) in [5.74, 6) is 1.94. The van der Waals surface area contributed by atoms with Gasteiger partial charge in [0.2, 0.25) is 5.91 Å². The minimum Gasteiger partial charge on any atom is -0.343 e. The molecule has 2 rings (SSSR count). The van der Waals surface area contributed by atoms with Crippen LogP contribution in [0.2, 0.25) is 0 Å². The van der Waals surface area contributed by atoms with E-state index in [9.17, 15) is 4.79 Å². The van der Waals surface area contributed by atoms with Gasteiger partial charge in [-0.05, 0) is 37.5 Å². The van der Waals surface area contributed by atoms with E-state index in [1.165, 1.54) is 44.9 Å². The molecular weight excluding hydrogens is 198 g/mol. The second kappa shape index (κ2) is 5.70. The van der Waals surface area contributed by atoms with Crippen LogP contribution in [0.5, 0.6) is 0 Å². The van der Waals surface area contributed by atoms with Crippen LogP contribution in [0.4, 0.5) is 0 Å². The molecular formula is C14H25NO. The van der Waals surface area contributed by atoms with E-state index in [4.69, 9.17) is 0 Å². The molecule has 92 valence electrons. The van der Waals surface area contributed by atoms with Gasteiger partial charge in [-0.15, -0.1) is 0 Å². The smallest absolute Gasteiger partial charge is 0.222 e. The Morgan fingerprint density at radius 3 is 2.31 bits per heavy atom. The Kier molecular flexibility index (Phi) is 4.25. The highest BCUT2D eigenvalue weighted by atomic mass is 16.2. The maximum absolute atomic E-state index is 12.1. The van der Waals surface area contributed by atoms with Gasteiger partial charge in [0.15, 0.2) is 0 Å². The number of piperidine rings is 1. The van der Waals surface area contributed by atoms with Crippen LogP contribution >= 0.6 is 0 Å². The molecule has 2 nitrogen and oxygen atoms in total. The maximum atomic E-state index is 12.1. The Bertz CT molecular complexity index is 225. The number of hydrogen-bond acceptors (Lipinski definition) is 1. The van der Waals surface area contributed by atoms with Crippen molar-refractivity contribution in [3.8, 4) is 0 Å². The average Bonchev–Trinajstić information content (AvgIpc) is 2.31. The summed E-state index contributed by atoms with van der Waals surface area (Å²) in [7, 11) is 0. The predicted molar refractivity (Wildman–Crippen MR) is 66.2 cm³/mol. The monoisotopic (exact) mass is 223 g/mol. The lowest BCUT2D eigenvalue weighted by molar-refractivity contribution is -0.133. The summed E-state index contributed by atoms with van der Waals surface area (Å²) in [6.07, 6.45) is 9.88. The first-order valence-corrected chi connectivity index (χ1v) is 7.03. The summed E-state index contributed by atoms with van der Waals surface area (Å²) in [6, 6.07) is 0. The summed E-state index contributed by atoms with van der Waals surface area (Å²) >= 11 is 0. The third-order valence-corrected chi connectivity index (χ3v) is 4.32. The number of carbonyl (C=O) groups is 1. The average molecular weight is 223 g/mol. The van der Waals surface area contributed by atoms with Crippen molar-refractivity contribution >= 4 is 5.91 Å². The standard InChI is InChI=1S/C14H25NO/c1-12-7-9-15(10-8-12)14(16)11-13-5-3-2-4-6-13/h12-13H,2-11H2,1H3. The molecule has 0 unspecified atom stereocenters. The Morgan fingerprint density at radius 2 is 1.69 bits per heavy atom. The summed E-state index contributed by atoms with van der Waals surface area (Å²) in [5.41, 5.74) is 0. The van der Waals surface area contributed by atoms with E-state index in [1.807, 2.05) is 0 Å². The molecule has 2 aliphatic rings. The van der Waals surface area contributed by atoms with Crippen LogP contribution in [0.25, 0.3) is 0 Å². The minimum atomic E-state index is 0.429. The van der Waals surface area contributed by atoms with E-state index >= 15 is 0 Å². The fourth-order valence-electron chi connectivity index (χ4n) is 3.03. The van der Waals surface area contributed by atoms with Crippen LogP contribution < -0.4 is 0 Å². The SMILES string of the molecule is CC1CCN(C(=O)CC2CCCCC2)CC1. The molecule has 1 amide bonds. The van der Waals surface area contributed by atoms with E-state index in [2.05, 4.69) is 11.8 Å². The molecule has 1 heterocycles. The Balaban J connectivity index is 1.74. The number of rotatable bonds is 2. The maximum Gasteiger partial charge on any atom is 0.222 e. The molecule has 0 N–H and O–H groups in total. The van der Waals surface area contributed by atoms with Gasteiger partial charge in [0, 0.05) is 19.5 Å². The van der Waals surface area contributed by atoms with E-state index in [0.717, 1.165) is 25.4 Å². The topological polar surface area (TPSA) is 20.3 Å². The summed E-state index contributed by atoms with van der Waals surface area (Å²) < 4.78 is 0. The molecule has 16 heavy (non-hydrogen) atoms. The highest BCUT2D eigenvalue weighted by Gasteiger charge is 2.23. The molecule has 1 aliphatic heterocycles. The fourth-order valence-corrected chi connectivity index (χ4v) is 3.03. The van der Waals surface area contributed by atoms with Crippen LogP contribution in [-0.4, -0.2) is 23.9 Å². The van der Waals surface area contributed by atoms with Crippen molar-refractivity contribution in [3.63, 3.8) is 0 Å². The van der Waals surface area contributed by atoms with E-state index in [1.54, 1.807) is 0 Å². The third kappa shape index (κ3) is 3.23. The summed E-state index contributed by atoms with van der Waals surface area (Å²) in [5, 5.41) is 0. The molecule has 1 saturated carbocycles. The van der Waals surface area contributed by atoms with Gasteiger partial charge in [-0.25, -0.2) is 0 Å². The fraction of sp³-hybridized carbons (Fsp3) is 0.929. The molecule has 0 aromatic heterocycles. The number of likely N-dealkylation sites (tertiary alicyclic amines) is 1. The van der Waals surface area contributed by atoms with E-state index < -0.39 is 0 Å². The minimum absolute atomic E-state index is 0.429. The highest BCUT2D eigenvalue weighted by molar-refractivity contribution is 5.76. The predicted octanol–water partition coefficient (Wildman–Crippen LogP) is 3.22. The van der Waals surface area contributed by atoms with Crippen molar-refractivity contribution in [2.75, 3.05) is 13.1 Å². The zero-order valence-electron chi connectivity index (χ0n) is 10.6. The Hall–Kier alpha value is -0.530. The van der Waals surface area contributed by atoms with Gasteiger partial charge in [0.25, 0.3) is 0 Å². The van der Waals surface area contributed by atoms with Crippen LogP contribution in [-0.2, 0) is 4.79 Å². The lowest BCUT2D eigenvalue weighted by Gasteiger charge is -2.32. The summed E-state index contributed by atoms with van der Waals surface area (Å²) in [6.45, 7) is 4.31. The van der Waals surface area contributed by atoms with Gasteiger partial charge in [-0.1, -0.05) is 26.2 Å². The van der Waals surface area contributed by atoms with Crippen LogP contribution in [0, 0.1) is 11.8 Å². The molecule has 0 spiro atoms. The first kappa shape index (κ1) is 11.9. The first-order chi connectivity index (χ1) is 7.75. The molecule has 1 aliphatic carbocycles. The molecule has 0 radical (unpaired) electrons. The van der Waals surface area contributed by atoms with Crippen molar-refractivity contribution in [1.82, 2.24) is 4.90 Å². The number of amides is 1. The van der Waals surface area contributed by atoms with Gasteiger partial charge in [0.05, 0.1) is 0 Å². The first-order valence-electron chi connectivity index (χ1n) is 7.03. The number of carbonyl (C=O) groups excluding carboxylic acids is 1. The second-order valence-electron chi connectivity index (χ2n) is 5.77. The van der Waals surface area contributed by atoms with Crippen molar-refractivity contribution < 1.29 is 4.79 Å². The van der Waals surface area contributed by atoms with Gasteiger partial charge in [0.1, 0.15) is 0 Å². The molecule has 2 heteroatoms. The van der Waals surface area contributed by atoms with Crippen LogP contribution in [0.3, 0.4) is 0 Å². The summed E-state index contributed by atoms with van der Waals surface area (Å²) in [4.78, 5) is 14.2. The second-order valence-corrected chi connectivity index (χ2v) is 5.77. The zero-order valence-corrected chi connectivity index (χ0v) is 10.6. The lowest BCUT2D eigenvalue weighted by atomic mass is 9.86. The third-order valence-electron chi connectivity index (χ3n) is 4.32. The number of nitrogens with zero attached hydrogens (tertiary/aromatic N) is 1. The Labute approximate surface area is 99.4 Å². The van der Waals surface area contributed by atoms with Crippen molar-refractivity contribution in [3.05, 3.63) is 0 Å². The van der Waals surface area contributed by atoms with Gasteiger partial charge >= 0.3 is 0 Å². The highest BCUT2D eigenvalue weighted by Crippen LogP contribution is 2.27. The van der Waals surface area contributed by atoms with Gasteiger partial charge in [-0.3, -0.25) is 4.79 Å². The lowest BCUT2D eigenvalue weighted by Crippen LogP contribution is -2.38. The molecule has 0 aromatic rings. The molecule has 0 atom stereocenters. The molecule has 1 saturated heterocycles. The van der Waals surface area contributed by atoms with Gasteiger partial charge < -0.3 is 4.90 Å². The van der Waals surface area contributed by atoms with Gasteiger partial charge in [-0.2, -0.15) is 0 Å². The number of hydrogen-bond donors (Lipinski definition) is 0. The van der Waals surface area contributed by atoms with E-state index in [-0.39, 0.29) is 0 Å². The van der Waals surface area contributed by atoms with Crippen molar-refractivity contribution in [2.45, 2.75) is 58.3 Å². The van der Waals surface area contributed by atoms with Crippen molar-refractivity contribution in [2.24, 2.45) is 11.8 Å². The van der Waals surface area contributed by atoms with Crippen LogP contribution in [0.1, 0.15) is 58.3 Å². The van der Waals surface area contributed by atoms with Crippen molar-refractivity contribution in [1.29, 1.82) is 0 Å². The molecule has 2 fully saturated rings. The molecule has 0 aromatic carbocycles. The van der Waals surface area contributed by atoms with E-state index in [0.29, 0.717) is 11.8 Å².